The van der Waals surface area contributed by atoms with Gasteiger partial charge in [0.15, 0.2) is 0 Å². The molecule has 0 radical (unpaired) electrons. The van der Waals surface area contributed by atoms with E-state index < -0.39 is 6.10 Å². The number of rotatable bonds is 7. The number of nitrogens with zero attached hydrogens (tertiary/aromatic N) is 3. The number of ether oxygens (including phenoxy) is 1. The van der Waals surface area contributed by atoms with Crippen LogP contribution in [0.2, 0.25) is 10.0 Å². The number of aromatic nitrogens is 2. The van der Waals surface area contributed by atoms with Gasteiger partial charge >= 0.3 is 0 Å². The number of hydrogen-bond donors (Lipinski definition) is 1. The molecule has 0 aliphatic rings. The van der Waals surface area contributed by atoms with Crippen LogP contribution in [0, 0.1) is 0 Å². The van der Waals surface area contributed by atoms with Crippen molar-refractivity contribution in [1.82, 2.24) is 14.7 Å². The summed E-state index contributed by atoms with van der Waals surface area (Å²) in [4.78, 5) is 2.00. The van der Waals surface area contributed by atoms with Gasteiger partial charge in [0.05, 0.1) is 11.2 Å². The second-order valence-electron chi connectivity index (χ2n) is 5.26. The van der Waals surface area contributed by atoms with E-state index >= 15 is 0 Å². The van der Waals surface area contributed by atoms with Crippen LogP contribution in [0.5, 0.6) is 5.75 Å². The quantitative estimate of drug-likeness (QED) is 0.839. The normalized spacial score (nSPS) is 12.6. The Balaban J connectivity index is 1.79. The van der Waals surface area contributed by atoms with Gasteiger partial charge in [0, 0.05) is 43.0 Å². The van der Waals surface area contributed by atoms with E-state index in [1.165, 1.54) is 0 Å². The molecule has 0 saturated carbocycles. The van der Waals surface area contributed by atoms with Crippen LogP contribution in [-0.2, 0) is 13.6 Å². The first-order valence-corrected chi connectivity index (χ1v) is 7.61. The fourth-order valence-corrected chi connectivity index (χ4v) is 2.45. The summed E-state index contributed by atoms with van der Waals surface area (Å²) in [6, 6.07) is 4.99. The molecule has 0 bridgehead atoms. The minimum Gasteiger partial charge on any atom is -0.489 e. The summed E-state index contributed by atoms with van der Waals surface area (Å²) >= 11 is 11.9. The summed E-state index contributed by atoms with van der Waals surface area (Å²) in [5.41, 5.74) is 1.09. The van der Waals surface area contributed by atoms with Crippen molar-refractivity contribution in [3.63, 3.8) is 0 Å². The van der Waals surface area contributed by atoms with Crippen LogP contribution in [0.25, 0.3) is 0 Å². The highest BCUT2D eigenvalue weighted by atomic mass is 35.5. The molecule has 1 N–H and O–H groups in total. The molecular formula is C15H19Cl2N3O2. The molecule has 1 heterocycles. The Kier molecular flexibility index (Phi) is 6.08. The maximum absolute atomic E-state index is 10.1. The molecule has 1 aromatic carbocycles. The molecule has 1 aromatic heterocycles. The van der Waals surface area contributed by atoms with Crippen molar-refractivity contribution in [3.05, 3.63) is 46.2 Å². The van der Waals surface area contributed by atoms with Crippen LogP contribution in [0.15, 0.2) is 30.6 Å². The van der Waals surface area contributed by atoms with Crippen molar-refractivity contribution < 1.29 is 9.84 Å². The SMILES string of the molecule is CN(Cc1cnn(C)c1)CC(O)COc1cc(Cl)ccc1Cl. The minimum absolute atomic E-state index is 0.150. The summed E-state index contributed by atoms with van der Waals surface area (Å²) in [6.45, 7) is 1.34. The third-order valence-electron chi connectivity index (χ3n) is 3.06. The van der Waals surface area contributed by atoms with Crippen molar-refractivity contribution in [2.75, 3.05) is 20.2 Å². The van der Waals surface area contributed by atoms with E-state index in [0.29, 0.717) is 28.9 Å². The number of aliphatic hydroxyl groups is 1. The van der Waals surface area contributed by atoms with Crippen LogP contribution in [0.1, 0.15) is 5.56 Å². The molecule has 1 unspecified atom stereocenters. The van der Waals surface area contributed by atoms with Crippen molar-refractivity contribution in [3.8, 4) is 5.75 Å². The molecule has 5 nitrogen and oxygen atoms in total. The maximum Gasteiger partial charge on any atom is 0.139 e. The van der Waals surface area contributed by atoms with Crippen LogP contribution in [0.3, 0.4) is 0 Å². The van der Waals surface area contributed by atoms with E-state index in [1.807, 2.05) is 31.4 Å². The zero-order valence-corrected chi connectivity index (χ0v) is 14.1. The Hall–Kier alpha value is -1.27. The van der Waals surface area contributed by atoms with Crippen LogP contribution in [-0.4, -0.2) is 46.1 Å². The Bertz CT molecular complexity index is 619. The predicted molar refractivity (Wildman–Crippen MR) is 87.5 cm³/mol. The molecule has 0 aliphatic heterocycles. The van der Waals surface area contributed by atoms with E-state index in [1.54, 1.807) is 22.9 Å². The zero-order valence-electron chi connectivity index (χ0n) is 12.5. The van der Waals surface area contributed by atoms with Crippen LogP contribution in [0.4, 0.5) is 0 Å². The smallest absolute Gasteiger partial charge is 0.139 e. The first-order valence-electron chi connectivity index (χ1n) is 6.86. The molecule has 0 saturated heterocycles. The lowest BCUT2D eigenvalue weighted by atomic mass is 10.3. The van der Waals surface area contributed by atoms with Gasteiger partial charge in [-0.1, -0.05) is 23.2 Å². The molecular weight excluding hydrogens is 325 g/mol. The fraction of sp³-hybridized carbons (Fsp3) is 0.400. The molecule has 0 aliphatic carbocycles. The molecule has 2 rings (SSSR count). The molecule has 0 amide bonds. The number of halogens is 2. The number of aryl methyl sites for hydroxylation is 1. The maximum atomic E-state index is 10.1. The monoisotopic (exact) mass is 343 g/mol. The van der Waals surface area contributed by atoms with Gasteiger partial charge in [0.2, 0.25) is 0 Å². The Morgan fingerprint density at radius 3 is 2.86 bits per heavy atom. The lowest BCUT2D eigenvalue weighted by Crippen LogP contribution is -2.32. The highest BCUT2D eigenvalue weighted by Gasteiger charge is 2.12. The Morgan fingerprint density at radius 1 is 1.41 bits per heavy atom. The van der Waals surface area contributed by atoms with Gasteiger partial charge in [-0.2, -0.15) is 5.10 Å². The van der Waals surface area contributed by atoms with Crippen LogP contribution < -0.4 is 4.74 Å². The molecule has 120 valence electrons. The molecule has 0 fully saturated rings. The topological polar surface area (TPSA) is 50.5 Å². The minimum atomic E-state index is -0.628. The first kappa shape index (κ1) is 17.1. The average Bonchev–Trinajstić information content (AvgIpc) is 2.85. The fourth-order valence-electron chi connectivity index (χ4n) is 2.12. The molecule has 1 atom stereocenters. The van der Waals surface area contributed by atoms with Gasteiger partial charge in [0.1, 0.15) is 18.5 Å². The second-order valence-corrected chi connectivity index (χ2v) is 6.10. The molecule has 0 spiro atoms. The summed E-state index contributed by atoms with van der Waals surface area (Å²) < 4.78 is 7.28. The van der Waals surface area contributed by atoms with E-state index in [-0.39, 0.29) is 6.61 Å². The highest BCUT2D eigenvalue weighted by Crippen LogP contribution is 2.27. The number of benzene rings is 1. The summed E-state index contributed by atoms with van der Waals surface area (Å²) in [5.74, 6) is 0.475. The summed E-state index contributed by atoms with van der Waals surface area (Å²) in [7, 11) is 3.81. The van der Waals surface area contributed by atoms with Gasteiger partial charge in [-0.25, -0.2) is 0 Å². The third kappa shape index (κ3) is 5.18. The van der Waals surface area contributed by atoms with E-state index in [9.17, 15) is 5.11 Å². The Labute approximate surface area is 140 Å². The van der Waals surface area contributed by atoms with E-state index in [0.717, 1.165) is 5.56 Å². The highest BCUT2D eigenvalue weighted by molar-refractivity contribution is 6.34. The molecule has 22 heavy (non-hydrogen) atoms. The predicted octanol–water partition coefficient (Wildman–Crippen LogP) is 2.60. The van der Waals surface area contributed by atoms with Crippen molar-refractivity contribution in [1.29, 1.82) is 0 Å². The van der Waals surface area contributed by atoms with E-state index in [2.05, 4.69) is 5.10 Å². The van der Waals surface area contributed by atoms with Crippen molar-refractivity contribution in [2.24, 2.45) is 7.05 Å². The van der Waals surface area contributed by atoms with Crippen LogP contribution >= 0.6 is 23.2 Å². The zero-order chi connectivity index (χ0) is 16.1. The summed E-state index contributed by atoms with van der Waals surface area (Å²) in [5, 5.41) is 15.2. The van der Waals surface area contributed by atoms with Gasteiger partial charge in [-0.15, -0.1) is 0 Å². The number of aliphatic hydroxyl groups excluding tert-OH is 1. The largest absolute Gasteiger partial charge is 0.489 e. The lowest BCUT2D eigenvalue weighted by molar-refractivity contribution is 0.0744. The Morgan fingerprint density at radius 2 is 2.18 bits per heavy atom. The van der Waals surface area contributed by atoms with Gasteiger partial charge in [-0.3, -0.25) is 9.58 Å². The van der Waals surface area contributed by atoms with E-state index in [4.69, 9.17) is 27.9 Å². The third-order valence-corrected chi connectivity index (χ3v) is 3.61. The second kappa shape index (κ2) is 7.83. The number of likely N-dealkylation sites (N-methyl/N-ethyl adjacent to an activating group) is 1. The van der Waals surface area contributed by atoms with Gasteiger partial charge in [-0.05, 0) is 19.2 Å². The molecule has 2 aromatic rings. The molecule has 7 heteroatoms. The first-order chi connectivity index (χ1) is 10.4. The van der Waals surface area contributed by atoms with Gasteiger partial charge < -0.3 is 9.84 Å². The lowest BCUT2D eigenvalue weighted by Gasteiger charge is -2.20. The average molecular weight is 344 g/mol. The number of hydrogen-bond acceptors (Lipinski definition) is 4. The van der Waals surface area contributed by atoms with Crippen molar-refractivity contribution >= 4 is 23.2 Å². The van der Waals surface area contributed by atoms with Gasteiger partial charge in [0.25, 0.3) is 0 Å². The standard InChI is InChI=1S/C15H19Cl2N3O2/c1-19(7-11-6-18-20(2)8-11)9-13(21)10-22-15-5-12(16)3-4-14(15)17/h3-6,8,13,21H,7,9-10H2,1-2H3. The summed E-state index contributed by atoms with van der Waals surface area (Å²) in [6.07, 6.45) is 3.13. The van der Waals surface area contributed by atoms with Crippen molar-refractivity contribution in [2.45, 2.75) is 12.6 Å².